The van der Waals surface area contributed by atoms with Crippen LogP contribution in [0.15, 0.2) is 24.3 Å². The first-order valence-electron chi connectivity index (χ1n) is 7.81. The van der Waals surface area contributed by atoms with Gasteiger partial charge in [0.25, 0.3) is 0 Å². The average Bonchev–Trinajstić information content (AvgIpc) is 2.99. The molecule has 6 nitrogen and oxygen atoms in total. The molecular formula is C17H23N5O. The number of ether oxygens (including phenoxy) is 1. The van der Waals surface area contributed by atoms with Gasteiger partial charge in [0.05, 0.1) is 29.4 Å². The van der Waals surface area contributed by atoms with Crippen molar-refractivity contribution in [3.05, 3.63) is 41.3 Å². The molecule has 0 unspecified atom stereocenters. The highest BCUT2D eigenvalue weighted by atomic mass is 16.5. The third-order valence-electron chi connectivity index (χ3n) is 4.14. The Morgan fingerprint density at radius 3 is 2.78 bits per heavy atom. The third kappa shape index (κ3) is 2.94. The molecule has 0 aliphatic heterocycles. The molecule has 23 heavy (non-hydrogen) atoms. The molecule has 2 heterocycles. The fourth-order valence-electron chi connectivity index (χ4n) is 3.02. The monoisotopic (exact) mass is 313 g/mol. The Hall–Kier alpha value is -2.34. The van der Waals surface area contributed by atoms with E-state index in [0.29, 0.717) is 0 Å². The fraction of sp³-hybridized carbons (Fsp3) is 0.412. The van der Waals surface area contributed by atoms with Gasteiger partial charge in [0.2, 0.25) is 5.88 Å². The molecule has 1 N–H and O–H groups in total. The molecule has 6 heteroatoms. The molecule has 3 rings (SSSR count). The molecule has 2 aromatic heterocycles. The number of benzene rings is 1. The Labute approximate surface area is 136 Å². The highest BCUT2D eigenvalue weighted by Crippen LogP contribution is 2.20. The van der Waals surface area contributed by atoms with Crippen LogP contribution in [0.1, 0.15) is 17.1 Å². The molecular weight excluding hydrogens is 290 g/mol. The topological polar surface area (TPSA) is 56.9 Å². The van der Waals surface area contributed by atoms with Gasteiger partial charge in [-0.15, -0.1) is 0 Å². The summed E-state index contributed by atoms with van der Waals surface area (Å²) < 4.78 is 9.45. The zero-order chi connectivity index (χ0) is 16.4. The average molecular weight is 313 g/mol. The number of methoxy groups -OCH3 is 1. The summed E-state index contributed by atoms with van der Waals surface area (Å²) in [6, 6.07) is 8.24. The lowest BCUT2D eigenvalue weighted by Crippen LogP contribution is -2.20. The normalized spacial score (nSPS) is 11.3. The molecule has 1 aromatic carbocycles. The van der Waals surface area contributed by atoms with Crippen LogP contribution >= 0.6 is 0 Å². The first-order chi connectivity index (χ1) is 11.1. The minimum absolute atomic E-state index is 0.745. The van der Waals surface area contributed by atoms with E-state index in [-0.39, 0.29) is 0 Å². The lowest BCUT2D eigenvalue weighted by atomic mass is 10.2. The van der Waals surface area contributed by atoms with Crippen molar-refractivity contribution >= 4 is 11.0 Å². The van der Waals surface area contributed by atoms with Crippen molar-refractivity contribution < 1.29 is 4.74 Å². The van der Waals surface area contributed by atoms with Crippen molar-refractivity contribution in [2.75, 3.05) is 13.7 Å². The van der Waals surface area contributed by atoms with E-state index in [1.54, 1.807) is 11.8 Å². The van der Waals surface area contributed by atoms with E-state index in [1.165, 1.54) is 5.52 Å². The Bertz CT molecular complexity index is 818. The number of fused-ring (bicyclic) bond motifs is 1. The van der Waals surface area contributed by atoms with Gasteiger partial charge in [-0.05, 0) is 26.0 Å². The minimum Gasteiger partial charge on any atom is -0.481 e. The quantitative estimate of drug-likeness (QED) is 0.709. The van der Waals surface area contributed by atoms with E-state index in [1.807, 2.05) is 27.0 Å². The largest absolute Gasteiger partial charge is 0.481 e. The third-order valence-corrected chi connectivity index (χ3v) is 4.14. The molecule has 0 saturated heterocycles. The van der Waals surface area contributed by atoms with Crippen molar-refractivity contribution in [2.24, 2.45) is 7.05 Å². The number of imidazole rings is 1. The Balaban J connectivity index is 1.65. The number of nitrogens with zero attached hydrogens (tertiary/aromatic N) is 4. The molecule has 0 saturated carbocycles. The highest BCUT2D eigenvalue weighted by Gasteiger charge is 2.13. The minimum atomic E-state index is 0.745. The zero-order valence-corrected chi connectivity index (χ0v) is 14.1. The SMILES string of the molecule is COc1c(CNCCn2c(C)nc3ccccc32)c(C)nn1C. The lowest BCUT2D eigenvalue weighted by Gasteiger charge is -2.09. The van der Waals surface area contributed by atoms with Crippen molar-refractivity contribution in [3.63, 3.8) is 0 Å². The number of aromatic nitrogens is 4. The predicted octanol–water partition coefficient (Wildman–Crippen LogP) is 2.19. The number of para-hydroxylation sites is 2. The van der Waals surface area contributed by atoms with E-state index >= 15 is 0 Å². The van der Waals surface area contributed by atoms with Crippen molar-refractivity contribution in [1.29, 1.82) is 0 Å². The first-order valence-corrected chi connectivity index (χ1v) is 7.81. The predicted molar refractivity (Wildman–Crippen MR) is 90.7 cm³/mol. The summed E-state index contributed by atoms with van der Waals surface area (Å²) in [5, 5.41) is 7.88. The van der Waals surface area contributed by atoms with Gasteiger partial charge in [0.15, 0.2) is 0 Å². The van der Waals surface area contributed by atoms with E-state index in [9.17, 15) is 0 Å². The molecule has 122 valence electrons. The summed E-state index contributed by atoms with van der Waals surface area (Å²) in [6.07, 6.45) is 0. The molecule has 0 aliphatic carbocycles. The summed E-state index contributed by atoms with van der Waals surface area (Å²) in [5.74, 6) is 1.86. The smallest absolute Gasteiger partial charge is 0.216 e. The van der Waals surface area contributed by atoms with Gasteiger partial charge < -0.3 is 14.6 Å². The number of hydrogen-bond acceptors (Lipinski definition) is 4. The van der Waals surface area contributed by atoms with Crippen LogP contribution in [0.2, 0.25) is 0 Å². The molecule has 0 bridgehead atoms. The maximum absolute atomic E-state index is 5.42. The van der Waals surface area contributed by atoms with Gasteiger partial charge in [0.1, 0.15) is 5.82 Å². The number of hydrogen-bond donors (Lipinski definition) is 1. The van der Waals surface area contributed by atoms with Crippen molar-refractivity contribution in [2.45, 2.75) is 26.9 Å². The highest BCUT2D eigenvalue weighted by molar-refractivity contribution is 5.75. The Morgan fingerprint density at radius 1 is 1.22 bits per heavy atom. The Kier molecular flexibility index (Phi) is 4.34. The molecule has 0 spiro atoms. The lowest BCUT2D eigenvalue weighted by molar-refractivity contribution is 0.368. The van der Waals surface area contributed by atoms with E-state index in [4.69, 9.17) is 4.74 Å². The molecule has 0 radical (unpaired) electrons. The second-order valence-electron chi connectivity index (χ2n) is 5.67. The van der Waals surface area contributed by atoms with Crippen LogP contribution in [0.25, 0.3) is 11.0 Å². The molecule has 3 aromatic rings. The first kappa shape index (κ1) is 15.6. The van der Waals surface area contributed by atoms with Gasteiger partial charge in [0, 0.05) is 26.7 Å². The molecule has 0 fully saturated rings. The van der Waals surface area contributed by atoms with Gasteiger partial charge in [-0.3, -0.25) is 0 Å². The summed E-state index contributed by atoms with van der Waals surface area (Å²) in [4.78, 5) is 4.60. The zero-order valence-electron chi connectivity index (χ0n) is 14.1. The standard InChI is InChI=1S/C17H23N5O/c1-12-14(17(23-4)21(3)20-12)11-18-9-10-22-13(2)19-15-7-5-6-8-16(15)22/h5-8,18H,9-11H2,1-4H3. The van der Waals surface area contributed by atoms with Crippen molar-refractivity contribution in [1.82, 2.24) is 24.6 Å². The number of aryl methyl sites for hydroxylation is 3. The summed E-state index contributed by atoms with van der Waals surface area (Å²) in [7, 11) is 3.58. The summed E-state index contributed by atoms with van der Waals surface area (Å²) in [6.45, 7) is 6.54. The van der Waals surface area contributed by atoms with Crippen LogP contribution in [0.3, 0.4) is 0 Å². The fourth-order valence-corrected chi connectivity index (χ4v) is 3.02. The second-order valence-corrected chi connectivity index (χ2v) is 5.67. The van der Waals surface area contributed by atoms with Crippen LogP contribution in [0.4, 0.5) is 0 Å². The van der Waals surface area contributed by atoms with Gasteiger partial charge in [-0.2, -0.15) is 5.10 Å². The van der Waals surface area contributed by atoms with E-state index < -0.39 is 0 Å². The second kappa shape index (κ2) is 6.42. The Morgan fingerprint density at radius 2 is 2.00 bits per heavy atom. The van der Waals surface area contributed by atoms with Crippen LogP contribution in [0, 0.1) is 13.8 Å². The summed E-state index contributed by atoms with van der Waals surface area (Å²) in [5.41, 5.74) is 4.35. The van der Waals surface area contributed by atoms with Crippen LogP contribution in [-0.4, -0.2) is 33.0 Å². The van der Waals surface area contributed by atoms with Gasteiger partial charge in [-0.25, -0.2) is 9.67 Å². The van der Waals surface area contributed by atoms with Crippen LogP contribution in [0.5, 0.6) is 5.88 Å². The molecule has 0 atom stereocenters. The van der Waals surface area contributed by atoms with E-state index in [0.717, 1.165) is 48.1 Å². The molecule has 0 amide bonds. The van der Waals surface area contributed by atoms with Crippen LogP contribution in [-0.2, 0) is 20.1 Å². The summed E-state index contributed by atoms with van der Waals surface area (Å²) >= 11 is 0. The van der Waals surface area contributed by atoms with Crippen LogP contribution < -0.4 is 10.1 Å². The van der Waals surface area contributed by atoms with E-state index in [2.05, 4.69) is 38.2 Å². The maximum Gasteiger partial charge on any atom is 0.216 e. The number of rotatable bonds is 6. The number of nitrogens with one attached hydrogen (secondary N) is 1. The maximum atomic E-state index is 5.42. The van der Waals surface area contributed by atoms with Crippen molar-refractivity contribution in [3.8, 4) is 5.88 Å². The van der Waals surface area contributed by atoms with Gasteiger partial charge in [-0.1, -0.05) is 12.1 Å². The van der Waals surface area contributed by atoms with Gasteiger partial charge >= 0.3 is 0 Å². The molecule has 0 aliphatic rings.